The molecule has 2 atom stereocenters. The van der Waals surface area contributed by atoms with E-state index in [1.165, 1.54) is 24.3 Å². The molecule has 0 heterocycles. The highest BCUT2D eigenvalue weighted by Crippen LogP contribution is 2.39. The Balaban J connectivity index is 1.71. The molecule has 2 aliphatic rings. The first-order chi connectivity index (χ1) is 16.4. The van der Waals surface area contributed by atoms with E-state index in [4.69, 9.17) is 0 Å². The molecule has 8 heteroatoms. The maximum Gasteiger partial charge on any atom is 0.282 e. The van der Waals surface area contributed by atoms with Crippen molar-refractivity contribution in [3.05, 3.63) is 108 Å². The first kappa shape index (κ1) is 22.4. The third-order valence-electron chi connectivity index (χ3n) is 6.13. The Morgan fingerprint density at radius 1 is 0.529 bits per heavy atom. The predicted octanol–water partition coefficient (Wildman–Crippen LogP) is 4.64. The fourth-order valence-electron chi connectivity index (χ4n) is 4.53. The SMILES string of the molecule is O=S(=O)(/N=C1/c2ccccc2/C(=N/S(=O)(=O)c2ccccc2)C2CC=CCC12)c1ccccc1. The molecule has 172 valence electrons. The van der Waals surface area contributed by atoms with Crippen LogP contribution in [0.25, 0.3) is 0 Å². The number of fused-ring (bicyclic) bond motifs is 2. The number of hydrogen-bond donors (Lipinski definition) is 0. The summed E-state index contributed by atoms with van der Waals surface area (Å²) in [5, 5.41) is 0. The zero-order valence-corrected chi connectivity index (χ0v) is 19.8. The van der Waals surface area contributed by atoms with E-state index in [2.05, 4.69) is 8.80 Å². The molecule has 6 nitrogen and oxygen atoms in total. The van der Waals surface area contributed by atoms with Crippen LogP contribution in [0.5, 0.6) is 0 Å². The molecule has 0 saturated carbocycles. The summed E-state index contributed by atoms with van der Waals surface area (Å²) >= 11 is 0. The lowest BCUT2D eigenvalue weighted by atomic mass is 9.69. The Morgan fingerprint density at radius 2 is 0.882 bits per heavy atom. The van der Waals surface area contributed by atoms with Gasteiger partial charge in [-0.3, -0.25) is 0 Å². The monoisotopic (exact) mass is 490 g/mol. The van der Waals surface area contributed by atoms with E-state index in [-0.39, 0.29) is 21.6 Å². The van der Waals surface area contributed by atoms with Crippen molar-refractivity contribution >= 4 is 31.5 Å². The molecule has 0 bridgehead atoms. The fourth-order valence-corrected chi connectivity index (χ4v) is 6.73. The van der Waals surface area contributed by atoms with Gasteiger partial charge in [-0.25, -0.2) is 0 Å². The van der Waals surface area contributed by atoms with E-state index in [1.54, 1.807) is 60.7 Å². The zero-order chi connectivity index (χ0) is 23.8. The van der Waals surface area contributed by atoms with Gasteiger partial charge in [0.2, 0.25) is 0 Å². The van der Waals surface area contributed by atoms with Crippen LogP contribution in [-0.2, 0) is 20.0 Å². The predicted molar refractivity (Wildman–Crippen MR) is 132 cm³/mol. The van der Waals surface area contributed by atoms with Crippen LogP contribution >= 0.6 is 0 Å². The van der Waals surface area contributed by atoms with Crippen molar-refractivity contribution in [2.75, 3.05) is 0 Å². The molecular weight excluding hydrogens is 468 g/mol. The molecule has 34 heavy (non-hydrogen) atoms. The van der Waals surface area contributed by atoms with Crippen LogP contribution in [0.3, 0.4) is 0 Å². The van der Waals surface area contributed by atoms with Crippen LogP contribution in [-0.4, -0.2) is 28.3 Å². The normalized spacial score (nSPS) is 22.4. The van der Waals surface area contributed by atoms with Gasteiger partial charge in [0.1, 0.15) is 0 Å². The number of nitrogens with zero attached hydrogens (tertiary/aromatic N) is 2. The van der Waals surface area contributed by atoms with Gasteiger partial charge in [0.15, 0.2) is 0 Å². The molecule has 0 spiro atoms. The quantitative estimate of drug-likeness (QED) is 0.498. The number of allylic oxidation sites excluding steroid dienone is 2. The van der Waals surface area contributed by atoms with Crippen molar-refractivity contribution in [2.24, 2.45) is 20.6 Å². The minimum absolute atomic E-state index is 0.119. The van der Waals surface area contributed by atoms with E-state index in [0.29, 0.717) is 35.4 Å². The van der Waals surface area contributed by atoms with Crippen molar-refractivity contribution in [3.8, 4) is 0 Å². The molecule has 0 aromatic heterocycles. The van der Waals surface area contributed by atoms with Crippen LogP contribution in [0, 0.1) is 11.8 Å². The van der Waals surface area contributed by atoms with E-state index in [0.717, 1.165) is 0 Å². The number of sulfonamides is 2. The number of hydrogen-bond acceptors (Lipinski definition) is 4. The smallest absolute Gasteiger partial charge is 0.199 e. The molecule has 0 amide bonds. The minimum atomic E-state index is -3.94. The van der Waals surface area contributed by atoms with Crippen LogP contribution in [0.1, 0.15) is 24.0 Å². The van der Waals surface area contributed by atoms with Crippen molar-refractivity contribution in [3.63, 3.8) is 0 Å². The lowest BCUT2D eigenvalue weighted by Gasteiger charge is -2.36. The Kier molecular flexibility index (Phi) is 5.79. The van der Waals surface area contributed by atoms with Crippen molar-refractivity contribution < 1.29 is 16.8 Å². The molecule has 0 aliphatic heterocycles. The minimum Gasteiger partial charge on any atom is -0.199 e. The van der Waals surface area contributed by atoms with Gasteiger partial charge in [-0.15, -0.1) is 0 Å². The third kappa shape index (κ3) is 4.15. The van der Waals surface area contributed by atoms with Gasteiger partial charge in [-0.1, -0.05) is 72.8 Å². The second-order valence-electron chi connectivity index (χ2n) is 8.23. The van der Waals surface area contributed by atoms with Crippen molar-refractivity contribution in [1.29, 1.82) is 0 Å². The van der Waals surface area contributed by atoms with Crippen LogP contribution < -0.4 is 0 Å². The van der Waals surface area contributed by atoms with Gasteiger partial charge in [0.05, 0.1) is 21.2 Å². The third-order valence-corrected chi connectivity index (χ3v) is 8.74. The summed E-state index contributed by atoms with van der Waals surface area (Å²) in [5.41, 5.74) is 2.09. The molecule has 2 aliphatic carbocycles. The number of benzene rings is 3. The molecule has 0 radical (unpaired) electrons. The largest absolute Gasteiger partial charge is 0.282 e. The van der Waals surface area contributed by atoms with Gasteiger partial charge >= 0.3 is 0 Å². The van der Waals surface area contributed by atoms with Crippen LogP contribution in [0.2, 0.25) is 0 Å². The van der Waals surface area contributed by atoms with Crippen LogP contribution in [0.4, 0.5) is 0 Å². The molecular formula is C26H22N2O4S2. The zero-order valence-electron chi connectivity index (χ0n) is 18.2. The summed E-state index contributed by atoms with van der Waals surface area (Å²) in [6, 6.07) is 23.4. The Hall–Kier alpha value is -3.36. The summed E-state index contributed by atoms with van der Waals surface area (Å²) in [6.45, 7) is 0. The maximum absolute atomic E-state index is 13.1. The van der Waals surface area contributed by atoms with Crippen molar-refractivity contribution in [1.82, 2.24) is 0 Å². The Labute approximate surface area is 199 Å². The van der Waals surface area contributed by atoms with Gasteiger partial charge in [0, 0.05) is 23.0 Å². The first-order valence-corrected chi connectivity index (χ1v) is 13.8. The molecule has 0 saturated heterocycles. The standard InChI is InChI=1S/C26H22N2O4S2/c29-33(30,19-11-3-1-4-12-19)27-25-21-15-7-9-17-23(21)26(24-18-10-8-16-22(24)25)28-34(31,32)20-13-5-2-6-14-20/h1-15,17,22,24H,16,18H2/b27-25-,28-26-. The lowest BCUT2D eigenvalue weighted by Crippen LogP contribution is -2.39. The summed E-state index contributed by atoms with van der Waals surface area (Å²) in [5.74, 6) is -0.605. The van der Waals surface area contributed by atoms with E-state index in [9.17, 15) is 16.8 Å². The second kappa shape index (κ2) is 8.77. The van der Waals surface area contributed by atoms with Gasteiger partial charge in [-0.2, -0.15) is 25.6 Å². The highest BCUT2D eigenvalue weighted by Gasteiger charge is 2.40. The molecule has 3 aromatic rings. The lowest BCUT2D eigenvalue weighted by molar-refractivity contribution is 0.515. The molecule has 5 rings (SSSR count). The fraction of sp³-hybridized carbons (Fsp3) is 0.154. The topological polar surface area (TPSA) is 93.0 Å². The van der Waals surface area contributed by atoms with E-state index < -0.39 is 20.0 Å². The summed E-state index contributed by atoms with van der Waals surface area (Å²) in [6.07, 6.45) is 5.07. The van der Waals surface area contributed by atoms with Gasteiger partial charge in [0.25, 0.3) is 20.0 Å². The molecule has 0 fully saturated rings. The summed E-state index contributed by atoms with van der Waals surface area (Å²) < 4.78 is 61.2. The van der Waals surface area contributed by atoms with Crippen LogP contribution in [0.15, 0.2) is 116 Å². The molecule has 2 unspecified atom stereocenters. The highest BCUT2D eigenvalue weighted by atomic mass is 32.2. The second-order valence-corrected chi connectivity index (χ2v) is 11.4. The molecule has 3 aromatic carbocycles. The Bertz CT molecular complexity index is 1410. The Morgan fingerprint density at radius 3 is 1.26 bits per heavy atom. The maximum atomic E-state index is 13.1. The first-order valence-electron chi connectivity index (χ1n) is 10.9. The number of rotatable bonds is 4. The average Bonchev–Trinajstić information content (AvgIpc) is 2.87. The van der Waals surface area contributed by atoms with Gasteiger partial charge in [-0.05, 0) is 37.1 Å². The molecule has 0 N–H and O–H groups in total. The van der Waals surface area contributed by atoms with E-state index in [1.807, 2.05) is 12.2 Å². The van der Waals surface area contributed by atoms with E-state index >= 15 is 0 Å². The average molecular weight is 491 g/mol. The summed E-state index contributed by atoms with van der Waals surface area (Å²) in [7, 11) is -7.89. The summed E-state index contributed by atoms with van der Waals surface area (Å²) in [4.78, 5) is 0.239. The van der Waals surface area contributed by atoms with Crippen molar-refractivity contribution in [2.45, 2.75) is 22.6 Å². The highest BCUT2D eigenvalue weighted by molar-refractivity contribution is 7.90. The van der Waals surface area contributed by atoms with Gasteiger partial charge < -0.3 is 0 Å².